The van der Waals surface area contributed by atoms with Crippen LogP contribution in [-0.2, 0) is 9.59 Å². The Balaban J connectivity index is 2.14. The molecule has 1 saturated heterocycles. The van der Waals surface area contributed by atoms with E-state index in [1.54, 1.807) is 18.2 Å². The Bertz CT molecular complexity index is 710. The zero-order chi connectivity index (χ0) is 14.1. The number of carbonyl (C=O) groups excluding carboxylic acids is 3. The van der Waals surface area contributed by atoms with Crippen LogP contribution in [0.1, 0.15) is 0 Å². The molecule has 0 atom stereocenters. The molecule has 1 N–H and O–H groups in total. The van der Waals surface area contributed by atoms with E-state index in [4.69, 9.17) is 0 Å². The van der Waals surface area contributed by atoms with Gasteiger partial charge < -0.3 is 0 Å². The van der Waals surface area contributed by atoms with Crippen molar-refractivity contribution >= 4 is 23.5 Å². The van der Waals surface area contributed by atoms with Crippen LogP contribution in [0.5, 0.6) is 0 Å². The third-order valence-electron chi connectivity index (χ3n) is 3.05. The smallest absolute Gasteiger partial charge is 0.269 e. The predicted octanol–water partition coefficient (Wildman–Crippen LogP) is 1.94. The number of imide groups is 2. The van der Waals surface area contributed by atoms with Crippen molar-refractivity contribution in [3.05, 3.63) is 54.6 Å². The molecule has 1 heterocycles. The van der Waals surface area contributed by atoms with Gasteiger partial charge in [-0.2, -0.15) is 0 Å². The van der Waals surface area contributed by atoms with E-state index in [0.717, 1.165) is 10.5 Å². The summed E-state index contributed by atoms with van der Waals surface area (Å²) in [5.41, 5.74) is 1.97. The lowest BCUT2D eigenvalue weighted by molar-refractivity contribution is -0.134. The normalized spacial score (nSPS) is 14.6. The number of para-hydroxylation sites is 1. The molecule has 2 aromatic rings. The highest BCUT2D eigenvalue weighted by atomic mass is 16.2. The maximum absolute atomic E-state index is 11.8. The molecule has 0 saturated carbocycles. The molecule has 0 aliphatic carbocycles. The number of hydrogen-bond acceptors (Lipinski definition) is 3. The molecule has 0 aromatic heterocycles. The Kier molecular flexibility index (Phi) is 2.80. The van der Waals surface area contributed by atoms with Crippen LogP contribution in [0.2, 0.25) is 0 Å². The van der Waals surface area contributed by atoms with Gasteiger partial charge >= 0.3 is 17.8 Å². The molecule has 0 spiro atoms. The molecule has 0 radical (unpaired) electrons. The molecule has 3 rings (SSSR count). The Morgan fingerprint density at radius 1 is 0.800 bits per heavy atom. The molecule has 0 bridgehead atoms. The minimum atomic E-state index is -0.905. The average Bonchev–Trinajstić information content (AvgIpc) is 2.73. The number of carbonyl (C=O) groups is 3. The molecule has 0 unspecified atom stereocenters. The summed E-state index contributed by atoms with van der Waals surface area (Å²) in [4.78, 5) is 35.7. The van der Waals surface area contributed by atoms with E-state index in [0.29, 0.717) is 11.3 Å². The minimum absolute atomic E-state index is 0.395. The number of nitrogens with zero attached hydrogens (tertiary/aromatic N) is 1. The highest BCUT2D eigenvalue weighted by molar-refractivity contribution is 6.53. The number of amides is 4. The maximum atomic E-state index is 11.8. The second kappa shape index (κ2) is 4.62. The summed E-state index contributed by atoms with van der Waals surface area (Å²) in [7, 11) is 0. The lowest BCUT2D eigenvalue weighted by Gasteiger charge is -2.16. The van der Waals surface area contributed by atoms with Crippen LogP contribution < -0.4 is 10.2 Å². The van der Waals surface area contributed by atoms with Crippen LogP contribution >= 0.6 is 0 Å². The first-order valence-electron chi connectivity index (χ1n) is 6.02. The van der Waals surface area contributed by atoms with Gasteiger partial charge in [0.1, 0.15) is 0 Å². The van der Waals surface area contributed by atoms with Crippen molar-refractivity contribution in [1.82, 2.24) is 5.32 Å². The van der Waals surface area contributed by atoms with Gasteiger partial charge in [-0.1, -0.05) is 48.5 Å². The Morgan fingerprint density at radius 2 is 1.45 bits per heavy atom. The second-order valence-electron chi connectivity index (χ2n) is 4.28. The molecular weight excluding hydrogens is 256 g/mol. The highest BCUT2D eigenvalue weighted by Crippen LogP contribution is 2.31. The number of urea groups is 1. The van der Waals surface area contributed by atoms with Gasteiger partial charge in [0, 0.05) is 5.56 Å². The molecular formula is C15H10N2O3. The zero-order valence-corrected chi connectivity index (χ0v) is 10.4. The number of rotatable bonds is 2. The van der Waals surface area contributed by atoms with Crippen LogP contribution in [0, 0.1) is 0 Å². The van der Waals surface area contributed by atoms with Crippen molar-refractivity contribution in [1.29, 1.82) is 0 Å². The summed E-state index contributed by atoms with van der Waals surface area (Å²) >= 11 is 0. The molecule has 1 aliphatic heterocycles. The summed E-state index contributed by atoms with van der Waals surface area (Å²) < 4.78 is 0. The van der Waals surface area contributed by atoms with Crippen LogP contribution in [0.4, 0.5) is 10.5 Å². The van der Waals surface area contributed by atoms with Gasteiger partial charge in [0.25, 0.3) is 0 Å². The zero-order valence-electron chi connectivity index (χ0n) is 10.4. The predicted molar refractivity (Wildman–Crippen MR) is 72.9 cm³/mol. The van der Waals surface area contributed by atoms with Crippen molar-refractivity contribution in [2.75, 3.05) is 4.90 Å². The van der Waals surface area contributed by atoms with Crippen molar-refractivity contribution in [2.45, 2.75) is 0 Å². The number of nitrogens with one attached hydrogen (secondary N) is 1. The van der Waals surface area contributed by atoms with Gasteiger partial charge in [-0.15, -0.1) is 0 Å². The standard InChI is InChI=1S/C15H10N2O3/c18-13-14(19)17(15(20)16-13)12-9-5-4-8-11(12)10-6-2-1-3-7-10/h1-9H,(H,16,18,20). The van der Waals surface area contributed by atoms with E-state index < -0.39 is 17.8 Å². The number of hydrogen-bond donors (Lipinski definition) is 1. The topological polar surface area (TPSA) is 66.5 Å². The first-order chi connectivity index (χ1) is 9.68. The van der Waals surface area contributed by atoms with Crippen molar-refractivity contribution < 1.29 is 14.4 Å². The maximum Gasteiger partial charge on any atom is 0.336 e. The third kappa shape index (κ3) is 1.85. The summed E-state index contributed by atoms with van der Waals surface area (Å²) in [6.07, 6.45) is 0. The summed E-state index contributed by atoms with van der Waals surface area (Å²) in [6, 6.07) is 15.6. The Hall–Kier alpha value is -2.95. The van der Waals surface area contributed by atoms with Gasteiger partial charge in [0.15, 0.2) is 0 Å². The lowest BCUT2D eigenvalue weighted by Crippen LogP contribution is -2.31. The molecule has 2 aromatic carbocycles. The fourth-order valence-corrected chi connectivity index (χ4v) is 2.15. The molecule has 98 valence electrons. The largest absolute Gasteiger partial charge is 0.336 e. The van der Waals surface area contributed by atoms with Gasteiger partial charge in [-0.05, 0) is 11.6 Å². The van der Waals surface area contributed by atoms with E-state index in [1.807, 2.05) is 41.7 Å². The summed E-state index contributed by atoms with van der Waals surface area (Å²) in [5, 5.41) is 1.99. The Labute approximate surface area is 114 Å². The van der Waals surface area contributed by atoms with Crippen molar-refractivity contribution in [3.8, 4) is 11.1 Å². The van der Waals surface area contributed by atoms with Crippen molar-refractivity contribution in [2.24, 2.45) is 0 Å². The summed E-state index contributed by atoms with van der Waals surface area (Å²) in [5.74, 6) is -1.77. The minimum Gasteiger partial charge on any atom is -0.269 e. The number of anilines is 1. The fourth-order valence-electron chi connectivity index (χ4n) is 2.15. The molecule has 4 amide bonds. The van der Waals surface area contributed by atoms with E-state index in [1.165, 1.54) is 0 Å². The van der Waals surface area contributed by atoms with E-state index in [2.05, 4.69) is 0 Å². The number of benzene rings is 2. The second-order valence-corrected chi connectivity index (χ2v) is 4.28. The quantitative estimate of drug-likeness (QED) is 0.667. The van der Waals surface area contributed by atoms with Gasteiger partial charge in [0.05, 0.1) is 5.69 Å². The molecule has 1 fully saturated rings. The first kappa shape index (κ1) is 12.1. The van der Waals surface area contributed by atoms with E-state index in [-0.39, 0.29) is 0 Å². The lowest BCUT2D eigenvalue weighted by atomic mass is 10.0. The van der Waals surface area contributed by atoms with Crippen LogP contribution in [0.15, 0.2) is 54.6 Å². The van der Waals surface area contributed by atoms with Crippen LogP contribution in [0.3, 0.4) is 0 Å². The molecule has 5 heteroatoms. The van der Waals surface area contributed by atoms with Gasteiger partial charge in [-0.3, -0.25) is 14.9 Å². The molecule has 5 nitrogen and oxygen atoms in total. The SMILES string of the molecule is O=C1NC(=O)N(c2ccccc2-c2ccccc2)C1=O. The van der Waals surface area contributed by atoms with E-state index in [9.17, 15) is 14.4 Å². The van der Waals surface area contributed by atoms with Crippen LogP contribution in [0.25, 0.3) is 11.1 Å². The average molecular weight is 266 g/mol. The van der Waals surface area contributed by atoms with Crippen molar-refractivity contribution in [3.63, 3.8) is 0 Å². The first-order valence-corrected chi connectivity index (χ1v) is 6.02. The van der Waals surface area contributed by atoms with Gasteiger partial charge in [0.2, 0.25) is 0 Å². The summed E-state index contributed by atoms with van der Waals surface area (Å²) in [6.45, 7) is 0. The fraction of sp³-hybridized carbons (Fsp3) is 0. The van der Waals surface area contributed by atoms with Crippen LogP contribution in [-0.4, -0.2) is 17.8 Å². The molecule has 1 aliphatic rings. The molecule has 20 heavy (non-hydrogen) atoms. The van der Waals surface area contributed by atoms with Gasteiger partial charge in [-0.25, -0.2) is 9.69 Å². The monoisotopic (exact) mass is 266 g/mol. The third-order valence-corrected chi connectivity index (χ3v) is 3.05. The highest BCUT2D eigenvalue weighted by Gasteiger charge is 2.38. The van der Waals surface area contributed by atoms with E-state index >= 15 is 0 Å². The Morgan fingerprint density at radius 3 is 2.10 bits per heavy atom.